The lowest BCUT2D eigenvalue weighted by atomic mass is 10.3. The number of aliphatic hydroxyl groups excluding tert-OH is 1. The van der Waals surface area contributed by atoms with Crippen LogP contribution in [0.2, 0.25) is 0 Å². The second kappa shape index (κ2) is 11.3. The minimum atomic E-state index is -4.20. The van der Waals surface area contributed by atoms with E-state index in [-0.39, 0.29) is 24.2 Å². The minimum absolute atomic E-state index is 0.0694. The van der Waals surface area contributed by atoms with Crippen LogP contribution in [0, 0.1) is 0 Å². The third-order valence-electron chi connectivity index (χ3n) is 2.99. The molecule has 0 rings (SSSR count). The van der Waals surface area contributed by atoms with Gasteiger partial charge in [-0.25, -0.2) is 4.79 Å². The number of ether oxygens (including phenoxy) is 1. The van der Waals surface area contributed by atoms with Gasteiger partial charge in [0.25, 0.3) is 10.1 Å². The number of esters is 1. The zero-order valence-corrected chi connectivity index (χ0v) is 17.8. The van der Waals surface area contributed by atoms with Crippen molar-refractivity contribution in [3.63, 3.8) is 0 Å². The van der Waals surface area contributed by atoms with Gasteiger partial charge in [-0.15, -0.1) is 0 Å². The fourth-order valence-corrected chi connectivity index (χ4v) is 2.45. The summed E-state index contributed by atoms with van der Waals surface area (Å²) < 4.78 is 35.4. The number of hydrogen-bond acceptors (Lipinski definition) is 7. The number of carboxylic acids is 1. The summed E-state index contributed by atoms with van der Waals surface area (Å²) in [6.45, 7) is 5.71. The largest absolute Gasteiger partial charge is 0.544 e. The second-order valence-electron chi connectivity index (χ2n) is 7.98. The zero-order chi connectivity index (χ0) is 22.1. The number of hydrogen-bond donors (Lipinski definition) is 2. The highest BCUT2D eigenvalue weighted by Crippen LogP contribution is 2.03. The maximum absolute atomic E-state index is 11.1. The van der Waals surface area contributed by atoms with Crippen molar-refractivity contribution in [3.05, 3.63) is 12.2 Å². The van der Waals surface area contributed by atoms with Crippen LogP contribution in [0.5, 0.6) is 0 Å². The van der Waals surface area contributed by atoms with E-state index >= 15 is 0 Å². The Morgan fingerprint density at radius 1 is 1.19 bits per heavy atom. The number of carbonyl (C=O) groups is 2. The molecule has 2 N–H and O–H groups in total. The second-order valence-corrected chi connectivity index (χ2v) is 9.48. The van der Waals surface area contributed by atoms with Gasteiger partial charge in [0.1, 0.15) is 38.1 Å². The molecule has 10 nitrogen and oxygen atoms in total. The van der Waals surface area contributed by atoms with Gasteiger partial charge in [-0.05, 0) is 6.92 Å². The molecule has 1 atom stereocenters. The van der Waals surface area contributed by atoms with E-state index in [1.165, 1.54) is 6.92 Å². The first-order valence-corrected chi connectivity index (χ1v) is 9.74. The molecule has 0 aliphatic heterocycles. The third-order valence-corrected chi connectivity index (χ3v) is 3.80. The molecule has 0 heterocycles. The Hall–Kier alpha value is -1.53. The standard InChI is InChI=1S/C11H21NO6S.C5H11NO2/c1-9(2)11(14)18-6-5-12(3,4)7-10(13)8-19(15,16)17;1-6(2,3)4-5(7)8/h10,13H,1,5-8H2,2-4H3;4H2,1-3H3/p+1. The number of aliphatic carboxylic acids is 1. The SMILES string of the molecule is C=C(C)C(=O)OCC[N+](C)(C)CC(O)CS(=O)(=O)O.C[N+](C)(C)CC(=O)[O-]. The first-order valence-electron chi connectivity index (χ1n) is 8.13. The smallest absolute Gasteiger partial charge is 0.333 e. The Labute approximate surface area is 161 Å². The predicted molar refractivity (Wildman–Crippen MR) is 97.9 cm³/mol. The quantitative estimate of drug-likeness (QED) is 0.179. The number of rotatable bonds is 10. The Kier molecular flexibility index (Phi) is 11.6. The summed E-state index contributed by atoms with van der Waals surface area (Å²) in [4.78, 5) is 21.0. The molecule has 0 spiro atoms. The summed E-state index contributed by atoms with van der Waals surface area (Å²) in [7, 11) is 4.71. The van der Waals surface area contributed by atoms with Gasteiger partial charge >= 0.3 is 5.97 Å². The Balaban J connectivity index is 0. The maximum atomic E-state index is 11.1. The van der Waals surface area contributed by atoms with Crippen molar-refractivity contribution in [3.8, 4) is 0 Å². The summed E-state index contributed by atoms with van der Waals surface area (Å²) in [5.74, 6) is -2.20. The van der Waals surface area contributed by atoms with E-state index in [1.807, 2.05) is 0 Å². The Morgan fingerprint density at radius 3 is 1.96 bits per heavy atom. The van der Waals surface area contributed by atoms with E-state index in [2.05, 4.69) is 6.58 Å². The molecule has 0 aliphatic rings. The molecule has 160 valence electrons. The molecule has 0 fully saturated rings. The van der Waals surface area contributed by atoms with E-state index in [0.29, 0.717) is 16.6 Å². The molecule has 0 saturated carbocycles. The number of nitrogens with zero attached hydrogens (tertiary/aromatic N) is 2. The van der Waals surface area contributed by atoms with E-state index in [4.69, 9.17) is 9.29 Å². The van der Waals surface area contributed by atoms with Gasteiger partial charge in [-0.2, -0.15) is 8.42 Å². The van der Waals surface area contributed by atoms with Crippen LogP contribution in [0.1, 0.15) is 6.92 Å². The van der Waals surface area contributed by atoms with Gasteiger partial charge in [0, 0.05) is 5.57 Å². The third kappa shape index (κ3) is 20.6. The molecular formula is C16H33N2O8S+. The molecule has 0 aliphatic carbocycles. The van der Waals surface area contributed by atoms with Crippen LogP contribution >= 0.6 is 0 Å². The summed E-state index contributed by atoms with van der Waals surface area (Å²) in [6, 6.07) is 0. The molecular weight excluding hydrogens is 380 g/mol. The van der Waals surface area contributed by atoms with Crippen LogP contribution in [0.4, 0.5) is 0 Å². The van der Waals surface area contributed by atoms with Crippen molar-refractivity contribution in [1.29, 1.82) is 0 Å². The summed E-state index contributed by atoms with van der Waals surface area (Å²) in [6.07, 6.45) is -1.18. The highest BCUT2D eigenvalue weighted by Gasteiger charge is 2.24. The summed E-state index contributed by atoms with van der Waals surface area (Å²) >= 11 is 0. The highest BCUT2D eigenvalue weighted by molar-refractivity contribution is 7.85. The number of carboxylic acid groups (broad SMARTS) is 1. The zero-order valence-electron chi connectivity index (χ0n) is 17.0. The average molecular weight is 414 g/mol. The minimum Gasteiger partial charge on any atom is -0.544 e. The highest BCUT2D eigenvalue weighted by atomic mass is 32.2. The number of likely N-dealkylation sites (N-methyl/N-ethyl adjacent to an activating group) is 2. The summed E-state index contributed by atoms with van der Waals surface area (Å²) in [5.41, 5.74) is 0.303. The molecule has 0 radical (unpaired) electrons. The van der Waals surface area contributed by atoms with Gasteiger partial charge in [0.2, 0.25) is 0 Å². The molecule has 0 saturated heterocycles. The van der Waals surface area contributed by atoms with Crippen LogP contribution in [0.3, 0.4) is 0 Å². The van der Waals surface area contributed by atoms with Crippen molar-refractivity contribution in [2.45, 2.75) is 13.0 Å². The van der Waals surface area contributed by atoms with Gasteiger partial charge in [-0.3, -0.25) is 4.55 Å². The van der Waals surface area contributed by atoms with Crippen molar-refractivity contribution in [2.75, 3.05) is 67.2 Å². The van der Waals surface area contributed by atoms with E-state index in [1.54, 1.807) is 35.2 Å². The fraction of sp³-hybridized carbons (Fsp3) is 0.750. The lowest BCUT2D eigenvalue weighted by Crippen LogP contribution is -2.49. The topological polar surface area (TPSA) is 141 Å². The molecule has 11 heteroatoms. The first kappa shape index (κ1) is 27.7. The van der Waals surface area contributed by atoms with Crippen LogP contribution in [-0.2, 0) is 24.4 Å². The van der Waals surface area contributed by atoms with E-state index in [0.717, 1.165) is 0 Å². The van der Waals surface area contributed by atoms with Crippen molar-refractivity contribution >= 4 is 22.1 Å². The Bertz CT molecular complexity index is 608. The number of carbonyl (C=O) groups excluding carboxylic acids is 2. The molecule has 0 aromatic carbocycles. The maximum Gasteiger partial charge on any atom is 0.333 e. The van der Waals surface area contributed by atoms with Crippen LogP contribution in [0.25, 0.3) is 0 Å². The Morgan fingerprint density at radius 2 is 1.67 bits per heavy atom. The van der Waals surface area contributed by atoms with Gasteiger partial charge < -0.3 is 28.7 Å². The molecule has 0 amide bonds. The molecule has 0 aromatic heterocycles. The lowest BCUT2D eigenvalue weighted by Gasteiger charge is -2.31. The molecule has 0 aromatic rings. The lowest BCUT2D eigenvalue weighted by molar-refractivity contribution is -0.893. The average Bonchev–Trinajstić information content (AvgIpc) is 2.32. The van der Waals surface area contributed by atoms with Gasteiger partial charge in [0.05, 0.1) is 41.2 Å². The van der Waals surface area contributed by atoms with Crippen LogP contribution in [0.15, 0.2) is 12.2 Å². The van der Waals surface area contributed by atoms with Crippen molar-refractivity contribution in [2.24, 2.45) is 0 Å². The van der Waals surface area contributed by atoms with Crippen LogP contribution in [-0.4, -0.2) is 112 Å². The van der Waals surface area contributed by atoms with E-state index in [9.17, 15) is 28.2 Å². The molecule has 1 unspecified atom stereocenters. The van der Waals surface area contributed by atoms with Gasteiger partial charge in [-0.1, -0.05) is 6.58 Å². The normalized spacial score (nSPS) is 13.2. The molecule has 0 bridgehead atoms. The monoisotopic (exact) mass is 413 g/mol. The first-order chi connectivity index (χ1) is 11.8. The van der Waals surface area contributed by atoms with E-state index < -0.39 is 33.9 Å². The number of aliphatic hydroxyl groups is 1. The van der Waals surface area contributed by atoms with Crippen molar-refractivity contribution in [1.82, 2.24) is 0 Å². The molecule has 27 heavy (non-hydrogen) atoms. The van der Waals surface area contributed by atoms with Crippen molar-refractivity contribution < 1.29 is 46.5 Å². The number of quaternary nitrogens is 2. The summed E-state index contributed by atoms with van der Waals surface area (Å²) in [5, 5.41) is 19.4. The predicted octanol–water partition coefficient (Wildman–Crippen LogP) is -2.13. The van der Waals surface area contributed by atoms with Gasteiger partial charge in [0.15, 0.2) is 0 Å². The fourth-order valence-electron chi connectivity index (χ4n) is 1.85. The van der Waals surface area contributed by atoms with Crippen LogP contribution < -0.4 is 5.11 Å².